The van der Waals surface area contributed by atoms with E-state index in [-0.39, 0.29) is 6.04 Å². The minimum absolute atomic E-state index is 0.127. The van der Waals surface area contributed by atoms with Crippen LogP contribution in [0.1, 0.15) is 24.9 Å². The first-order chi connectivity index (χ1) is 9.51. The molecule has 0 saturated heterocycles. The molecular weight excluding hydrogens is 336 g/mol. The van der Waals surface area contributed by atoms with Gasteiger partial charge in [0, 0.05) is 5.69 Å². The molecule has 0 spiro atoms. The van der Waals surface area contributed by atoms with Gasteiger partial charge in [-0.15, -0.1) is 0 Å². The molecule has 2 aromatic rings. The summed E-state index contributed by atoms with van der Waals surface area (Å²) in [4.78, 5) is 0. The van der Waals surface area contributed by atoms with Crippen molar-refractivity contribution < 1.29 is 0 Å². The molecule has 0 aliphatic carbocycles. The molecule has 1 N–H and O–H groups in total. The van der Waals surface area contributed by atoms with Gasteiger partial charge in [-0.1, -0.05) is 59.4 Å². The lowest BCUT2D eigenvalue weighted by Crippen LogP contribution is -2.09. The predicted molar refractivity (Wildman–Crippen MR) is 89.6 cm³/mol. The molecule has 1 nitrogen and oxygen atoms in total. The van der Waals surface area contributed by atoms with Gasteiger partial charge in [-0.2, -0.15) is 0 Å². The Hall–Kier alpha value is -0.600. The van der Waals surface area contributed by atoms with Gasteiger partial charge >= 0.3 is 0 Å². The van der Waals surface area contributed by atoms with Gasteiger partial charge in [-0.25, -0.2) is 0 Å². The summed E-state index contributed by atoms with van der Waals surface area (Å²) < 4.78 is 0. The second kappa shape index (κ2) is 6.91. The molecule has 2 rings (SSSR count). The average Bonchev–Trinajstić information content (AvgIpc) is 2.43. The van der Waals surface area contributed by atoms with Gasteiger partial charge in [0.05, 0.1) is 26.1 Å². The standard InChI is InChI=1S/C15H13Cl4N/c1-2-15(9-3-5-11(16)13(18)7-9)20-10-4-6-12(17)14(19)8-10/h3-8,15,20H,2H2,1H3. The van der Waals surface area contributed by atoms with Gasteiger partial charge in [0.25, 0.3) is 0 Å². The number of rotatable bonds is 4. The van der Waals surface area contributed by atoms with Crippen LogP contribution in [0.15, 0.2) is 36.4 Å². The lowest BCUT2D eigenvalue weighted by Gasteiger charge is -2.19. The quantitative estimate of drug-likeness (QED) is 0.636. The molecule has 0 saturated carbocycles. The van der Waals surface area contributed by atoms with Crippen LogP contribution in [0.25, 0.3) is 0 Å². The molecule has 20 heavy (non-hydrogen) atoms. The van der Waals surface area contributed by atoms with E-state index in [1.807, 2.05) is 24.3 Å². The maximum absolute atomic E-state index is 6.07. The largest absolute Gasteiger partial charge is 0.378 e. The van der Waals surface area contributed by atoms with E-state index in [9.17, 15) is 0 Å². The highest BCUT2D eigenvalue weighted by Crippen LogP contribution is 2.31. The summed E-state index contributed by atoms with van der Waals surface area (Å²) in [7, 11) is 0. The van der Waals surface area contributed by atoms with Crippen LogP contribution in [-0.2, 0) is 0 Å². The van der Waals surface area contributed by atoms with Crippen LogP contribution >= 0.6 is 46.4 Å². The first kappa shape index (κ1) is 15.8. The van der Waals surface area contributed by atoms with Crippen molar-refractivity contribution in [3.05, 3.63) is 62.1 Å². The summed E-state index contributed by atoms with van der Waals surface area (Å²) >= 11 is 23.9. The van der Waals surface area contributed by atoms with Crippen LogP contribution in [0.4, 0.5) is 5.69 Å². The SMILES string of the molecule is CCC(Nc1ccc(Cl)c(Cl)c1)c1ccc(Cl)c(Cl)c1. The summed E-state index contributed by atoms with van der Waals surface area (Å²) in [5, 5.41) is 5.59. The third-order valence-electron chi connectivity index (χ3n) is 3.01. The van der Waals surface area contributed by atoms with Crippen molar-refractivity contribution in [3.63, 3.8) is 0 Å². The van der Waals surface area contributed by atoms with Gasteiger partial charge in [-0.05, 0) is 42.3 Å². The highest BCUT2D eigenvalue weighted by Gasteiger charge is 2.11. The number of anilines is 1. The lowest BCUT2D eigenvalue weighted by molar-refractivity contribution is 0.749. The van der Waals surface area contributed by atoms with Crippen LogP contribution in [-0.4, -0.2) is 0 Å². The number of hydrogen-bond acceptors (Lipinski definition) is 1. The molecule has 0 heterocycles. The predicted octanol–water partition coefficient (Wildman–Crippen LogP) is 6.86. The minimum atomic E-state index is 0.127. The number of hydrogen-bond donors (Lipinski definition) is 1. The Kier molecular flexibility index (Phi) is 5.45. The van der Waals surface area contributed by atoms with Crippen LogP contribution in [0, 0.1) is 0 Å². The molecule has 0 bridgehead atoms. The van der Waals surface area contributed by atoms with Crippen LogP contribution in [0.2, 0.25) is 20.1 Å². The van der Waals surface area contributed by atoms with E-state index in [0.29, 0.717) is 20.1 Å². The molecule has 0 aliphatic heterocycles. The number of nitrogens with one attached hydrogen (secondary N) is 1. The van der Waals surface area contributed by atoms with E-state index in [4.69, 9.17) is 46.4 Å². The van der Waals surface area contributed by atoms with Crippen molar-refractivity contribution in [3.8, 4) is 0 Å². The first-order valence-corrected chi connectivity index (χ1v) is 7.69. The Balaban J connectivity index is 2.23. The van der Waals surface area contributed by atoms with Crippen molar-refractivity contribution in [1.29, 1.82) is 0 Å². The van der Waals surface area contributed by atoms with Crippen molar-refractivity contribution in [2.45, 2.75) is 19.4 Å². The summed E-state index contributed by atoms with van der Waals surface area (Å²) in [6, 6.07) is 11.3. The highest BCUT2D eigenvalue weighted by molar-refractivity contribution is 6.42. The van der Waals surface area contributed by atoms with Crippen molar-refractivity contribution >= 4 is 52.1 Å². The van der Waals surface area contributed by atoms with Crippen molar-refractivity contribution in [1.82, 2.24) is 0 Å². The topological polar surface area (TPSA) is 12.0 Å². The van der Waals surface area contributed by atoms with Gasteiger partial charge in [0.2, 0.25) is 0 Å². The smallest absolute Gasteiger partial charge is 0.0612 e. The maximum Gasteiger partial charge on any atom is 0.0612 e. The average molecular weight is 349 g/mol. The Labute approximate surface area is 138 Å². The van der Waals surface area contributed by atoms with Gasteiger partial charge < -0.3 is 5.32 Å². The minimum Gasteiger partial charge on any atom is -0.378 e. The second-order valence-electron chi connectivity index (χ2n) is 4.41. The molecule has 0 aliphatic rings. The Morgan fingerprint density at radius 2 is 1.45 bits per heavy atom. The molecule has 1 unspecified atom stereocenters. The van der Waals surface area contributed by atoms with Gasteiger partial charge in [-0.3, -0.25) is 0 Å². The molecule has 5 heteroatoms. The van der Waals surface area contributed by atoms with Gasteiger partial charge in [0.1, 0.15) is 0 Å². The van der Waals surface area contributed by atoms with E-state index in [0.717, 1.165) is 17.7 Å². The van der Waals surface area contributed by atoms with Gasteiger partial charge in [0.15, 0.2) is 0 Å². The Morgan fingerprint density at radius 1 is 0.850 bits per heavy atom. The summed E-state index contributed by atoms with van der Waals surface area (Å²) in [6.07, 6.45) is 0.901. The summed E-state index contributed by atoms with van der Waals surface area (Å²) in [5.74, 6) is 0. The van der Waals surface area contributed by atoms with Crippen LogP contribution in [0.3, 0.4) is 0 Å². The fourth-order valence-corrected chi connectivity index (χ4v) is 2.54. The molecule has 0 fully saturated rings. The van der Waals surface area contributed by atoms with E-state index in [1.54, 1.807) is 12.1 Å². The molecule has 2 aromatic carbocycles. The molecule has 106 valence electrons. The van der Waals surface area contributed by atoms with Crippen molar-refractivity contribution in [2.24, 2.45) is 0 Å². The molecule has 0 radical (unpaired) electrons. The number of halogens is 4. The third-order valence-corrected chi connectivity index (χ3v) is 4.49. The molecule has 0 amide bonds. The van der Waals surface area contributed by atoms with Crippen LogP contribution in [0.5, 0.6) is 0 Å². The zero-order chi connectivity index (χ0) is 14.7. The van der Waals surface area contributed by atoms with E-state index in [2.05, 4.69) is 12.2 Å². The number of benzene rings is 2. The van der Waals surface area contributed by atoms with Crippen molar-refractivity contribution in [2.75, 3.05) is 5.32 Å². The highest BCUT2D eigenvalue weighted by atomic mass is 35.5. The summed E-state index contributed by atoms with van der Waals surface area (Å²) in [5.41, 5.74) is 1.99. The fourth-order valence-electron chi connectivity index (χ4n) is 1.94. The maximum atomic E-state index is 6.07. The summed E-state index contributed by atoms with van der Waals surface area (Å²) in [6.45, 7) is 2.09. The molecule has 1 atom stereocenters. The zero-order valence-electron chi connectivity index (χ0n) is 10.8. The first-order valence-electron chi connectivity index (χ1n) is 6.17. The normalized spacial score (nSPS) is 12.2. The zero-order valence-corrected chi connectivity index (χ0v) is 13.8. The molecule has 0 aromatic heterocycles. The monoisotopic (exact) mass is 347 g/mol. The van der Waals surface area contributed by atoms with E-state index in [1.165, 1.54) is 0 Å². The Bertz CT molecular complexity index is 613. The Morgan fingerprint density at radius 3 is 2.00 bits per heavy atom. The third kappa shape index (κ3) is 3.73. The fraction of sp³-hybridized carbons (Fsp3) is 0.200. The lowest BCUT2D eigenvalue weighted by atomic mass is 10.0. The van der Waals surface area contributed by atoms with E-state index >= 15 is 0 Å². The van der Waals surface area contributed by atoms with E-state index < -0.39 is 0 Å². The van der Waals surface area contributed by atoms with Crippen LogP contribution < -0.4 is 5.32 Å². The second-order valence-corrected chi connectivity index (χ2v) is 6.04. The molecular formula is C15H13Cl4N.